The first-order valence-corrected chi connectivity index (χ1v) is 7.63. The Balaban J connectivity index is 2.42. The van der Waals surface area contributed by atoms with Gasteiger partial charge in [0.05, 0.1) is 18.7 Å². The smallest absolute Gasteiger partial charge is 0.236 e. The van der Waals surface area contributed by atoms with Gasteiger partial charge in [-0.05, 0) is 19.9 Å². The second kappa shape index (κ2) is 8.32. The van der Waals surface area contributed by atoms with Crippen LogP contribution in [-0.2, 0) is 4.79 Å². The predicted octanol–water partition coefficient (Wildman–Crippen LogP) is -0.00862. The number of likely N-dealkylation sites (N-methyl/N-ethyl adjacent to an activating group) is 1. The minimum Gasteiger partial charge on any atom is -0.392 e. The molecule has 0 bridgehead atoms. The minimum atomic E-state index is -0.429. The molecule has 2 atom stereocenters. The van der Waals surface area contributed by atoms with Crippen molar-refractivity contribution in [2.24, 2.45) is 5.92 Å². The minimum absolute atomic E-state index is 0.0693. The van der Waals surface area contributed by atoms with Gasteiger partial charge in [0.2, 0.25) is 5.91 Å². The van der Waals surface area contributed by atoms with Crippen molar-refractivity contribution in [2.45, 2.75) is 32.9 Å². The van der Waals surface area contributed by atoms with Crippen molar-refractivity contribution in [3.05, 3.63) is 0 Å². The van der Waals surface area contributed by atoms with Crippen molar-refractivity contribution in [1.29, 1.82) is 5.26 Å². The molecule has 21 heavy (non-hydrogen) atoms. The van der Waals surface area contributed by atoms with Crippen LogP contribution in [0.1, 0.15) is 20.8 Å². The maximum atomic E-state index is 12.2. The highest BCUT2D eigenvalue weighted by molar-refractivity contribution is 5.78. The summed E-state index contributed by atoms with van der Waals surface area (Å²) < 4.78 is 0. The third-order valence-electron chi connectivity index (χ3n) is 3.81. The van der Waals surface area contributed by atoms with Crippen molar-refractivity contribution in [1.82, 2.24) is 14.7 Å². The van der Waals surface area contributed by atoms with Gasteiger partial charge in [0, 0.05) is 32.7 Å². The van der Waals surface area contributed by atoms with Crippen molar-refractivity contribution >= 4 is 5.91 Å². The zero-order valence-electron chi connectivity index (χ0n) is 13.6. The molecule has 6 heteroatoms. The molecule has 0 radical (unpaired) electrons. The Kier molecular flexibility index (Phi) is 7.09. The maximum Gasteiger partial charge on any atom is 0.236 e. The molecule has 0 aromatic heterocycles. The molecule has 1 N–H and O–H groups in total. The number of nitrogens with zero attached hydrogens (tertiary/aromatic N) is 4. The Morgan fingerprint density at radius 2 is 1.86 bits per heavy atom. The largest absolute Gasteiger partial charge is 0.392 e. The first-order valence-electron chi connectivity index (χ1n) is 7.63. The number of rotatable bonds is 6. The van der Waals surface area contributed by atoms with E-state index in [1.807, 2.05) is 16.8 Å². The van der Waals surface area contributed by atoms with Crippen LogP contribution in [0.2, 0.25) is 0 Å². The molecule has 1 saturated heterocycles. The van der Waals surface area contributed by atoms with Gasteiger partial charge in [-0.2, -0.15) is 5.26 Å². The number of carbonyl (C=O) groups excluding carboxylic acids is 1. The lowest BCUT2D eigenvalue weighted by Gasteiger charge is -2.38. The molecule has 2 unspecified atom stereocenters. The van der Waals surface area contributed by atoms with Gasteiger partial charge >= 0.3 is 0 Å². The topological polar surface area (TPSA) is 70.8 Å². The van der Waals surface area contributed by atoms with Gasteiger partial charge in [-0.15, -0.1) is 0 Å². The molecule has 1 heterocycles. The normalized spacial score (nSPS) is 19.6. The van der Waals surface area contributed by atoms with Crippen LogP contribution in [0, 0.1) is 17.2 Å². The number of hydrogen-bond donors (Lipinski definition) is 1. The summed E-state index contributed by atoms with van der Waals surface area (Å²) in [5.74, 6) is 0.394. The maximum absolute atomic E-state index is 12.2. The summed E-state index contributed by atoms with van der Waals surface area (Å²) in [6, 6.07) is 2.29. The van der Waals surface area contributed by atoms with Gasteiger partial charge in [0.1, 0.15) is 6.04 Å². The van der Waals surface area contributed by atoms with Gasteiger partial charge in [-0.25, -0.2) is 0 Å². The van der Waals surface area contributed by atoms with Crippen LogP contribution in [-0.4, -0.2) is 84.2 Å². The number of nitriles is 1. The monoisotopic (exact) mass is 296 g/mol. The summed E-state index contributed by atoms with van der Waals surface area (Å²) in [6.45, 7) is 9.50. The Bertz CT molecular complexity index is 370. The fourth-order valence-electron chi connectivity index (χ4n) is 2.75. The summed E-state index contributed by atoms with van der Waals surface area (Å²) >= 11 is 0. The lowest BCUT2D eigenvalue weighted by atomic mass is 10.0. The highest BCUT2D eigenvalue weighted by Crippen LogP contribution is 2.13. The number of hydrogen-bond acceptors (Lipinski definition) is 5. The first kappa shape index (κ1) is 17.9. The highest BCUT2D eigenvalue weighted by atomic mass is 16.3. The van der Waals surface area contributed by atoms with Gasteiger partial charge in [-0.3, -0.25) is 14.6 Å². The molecule has 1 fully saturated rings. The van der Waals surface area contributed by atoms with Crippen LogP contribution in [0.5, 0.6) is 0 Å². The average Bonchev–Trinajstić information content (AvgIpc) is 2.38. The van der Waals surface area contributed by atoms with E-state index in [0.29, 0.717) is 32.1 Å². The number of aliphatic hydroxyl groups excluding tert-OH is 1. The second-order valence-electron chi connectivity index (χ2n) is 6.28. The lowest BCUT2D eigenvalue weighted by molar-refractivity contribution is -0.134. The fraction of sp³-hybridized carbons (Fsp3) is 0.867. The van der Waals surface area contributed by atoms with Crippen molar-refractivity contribution in [3.63, 3.8) is 0 Å². The molecule has 0 aromatic carbocycles. The van der Waals surface area contributed by atoms with E-state index in [2.05, 4.69) is 24.8 Å². The molecule has 1 aliphatic heterocycles. The van der Waals surface area contributed by atoms with E-state index in [9.17, 15) is 15.2 Å². The molecule has 1 rings (SSSR count). The third-order valence-corrected chi connectivity index (χ3v) is 3.81. The van der Waals surface area contributed by atoms with Gasteiger partial charge in [0.15, 0.2) is 0 Å². The molecular formula is C15H28N4O2. The van der Waals surface area contributed by atoms with Gasteiger partial charge in [-0.1, -0.05) is 13.8 Å². The Morgan fingerprint density at radius 1 is 1.29 bits per heavy atom. The molecule has 1 aliphatic rings. The van der Waals surface area contributed by atoms with E-state index in [-0.39, 0.29) is 11.9 Å². The third kappa shape index (κ3) is 5.62. The number of amides is 1. The number of carbonyl (C=O) groups is 1. The Labute approximate surface area is 127 Å². The molecule has 120 valence electrons. The van der Waals surface area contributed by atoms with Crippen molar-refractivity contribution < 1.29 is 9.90 Å². The quantitative estimate of drug-likeness (QED) is 0.746. The van der Waals surface area contributed by atoms with Gasteiger partial charge in [0.25, 0.3) is 0 Å². The summed E-state index contributed by atoms with van der Waals surface area (Å²) in [6.07, 6.45) is -0.429. The van der Waals surface area contributed by atoms with E-state index in [0.717, 1.165) is 13.1 Å². The standard InChI is InChI=1S/C15H28N4O2/c1-12(2)14(9-16)18-5-7-19(8-6-18)15(21)11-17(4)10-13(3)20/h12-14,20H,5-8,10-11H2,1-4H3. The van der Waals surface area contributed by atoms with E-state index >= 15 is 0 Å². The van der Waals surface area contributed by atoms with Crippen molar-refractivity contribution in [2.75, 3.05) is 46.3 Å². The van der Waals surface area contributed by atoms with Crippen LogP contribution in [0.4, 0.5) is 0 Å². The summed E-state index contributed by atoms with van der Waals surface area (Å²) in [5, 5.41) is 18.5. The van der Waals surface area contributed by atoms with Crippen LogP contribution in [0.15, 0.2) is 0 Å². The van der Waals surface area contributed by atoms with E-state index in [1.54, 1.807) is 6.92 Å². The van der Waals surface area contributed by atoms with Crippen LogP contribution in [0.25, 0.3) is 0 Å². The summed E-state index contributed by atoms with van der Waals surface area (Å²) in [7, 11) is 1.84. The first-order chi connectivity index (χ1) is 9.85. The van der Waals surface area contributed by atoms with E-state index in [1.165, 1.54) is 0 Å². The summed E-state index contributed by atoms with van der Waals surface area (Å²) in [5.41, 5.74) is 0. The van der Waals surface area contributed by atoms with E-state index in [4.69, 9.17) is 0 Å². The average molecular weight is 296 g/mol. The zero-order valence-corrected chi connectivity index (χ0v) is 13.6. The molecule has 0 saturated carbocycles. The number of aliphatic hydroxyl groups is 1. The molecular weight excluding hydrogens is 268 g/mol. The Morgan fingerprint density at radius 3 is 2.29 bits per heavy atom. The Hall–Kier alpha value is -1.16. The number of piperazine rings is 1. The van der Waals surface area contributed by atoms with Crippen LogP contribution in [0.3, 0.4) is 0 Å². The highest BCUT2D eigenvalue weighted by Gasteiger charge is 2.27. The van der Waals surface area contributed by atoms with E-state index < -0.39 is 6.10 Å². The zero-order chi connectivity index (χ0) is 16.0. The van der Waals surface area contributed by atoms with Gasteiger partial charge < -0.3 is 10.0 Å². The molecule has 1 amide bonds. The molecule has 0 aliphatic carbocycles. The van der Waals surface area contributed by atoms with Crippen LogP contribution >= 0.6 is 0 Å². The predicted molar refractivity (Wildman–Crippen MR) is 81.6 cm³/mol. The van der Waals surface area contributed by atoms with Crippen LogP contribution < -0.4 is 0 Å². The summed E-state index contributed by atoms with van der Waals surface area (Å²) in [4.78, 5) is 18.0. The fourth-order valence-corrected chi connectivity index (χ4v) is 2.75. The molecule has 0 spiro atoms. The molecule has 0 aromatic rings. The lowest BCUT2D eigenvalue weighted by Crippen LogP contribution is -2.54. The SMILES string of the molecule is CC(O)CN(C)CC(=O)N1CCN(C(C#N)C(C)C)CC1. The van der Waals surface area contributed by atoms with Crippen molar-refractivity contribution in [3.8, 4) is 6.07 Å². The second-order valence-corrected chi connectivity index (χ2v) is 6.28. The molecule has 6 nitrogen and oxygen atoms in total.